The fourth-order valence-electron chi connectivity index (χ4n) is 2.18. The van der Waals surface area contributed by atoms with Crippen LogP contribution in [0.25, 0.3) is 0 Å². The lowest BCUT2D eigenvalue weighted by molar-refractivity contribution is 0.421. The van der Waals surface area contributed by atoms with Gasteiger partial charge in [-0.1, -0.05) is 35.8 Å². The topological polar surface area (TPSA) is 12.0 Å². The van der Waals surface area contributed by atoms with Crippen molar-refractivity contribution in [2.45, 2.75) is 39.7 Å². The maximum atomic E-state index is 13.7. The minimum Gasteiger partial charge on any atom is -0.315 e. The minimum absolute atomic E-state index is 0.109. The quantitative estimate of drug-likeness (QED) is 0.832. The van der Waals surface area contributed by atoms with Gasteiger partial charge >= 0.3 is 0 Å². The van der Waals surface area contributed by atoms with Gasteiger partial charge < -0.3 is 5.32 Å². The standard InChI is InChI=1S/C14H21BrFN/c1-4-17-11(3)7-10(2)8-12-5-6-13(15)9-14(12)16/h5-6,9-11,17H,4,7-8H2,1-3H3. The minimum atomic E-state index is -0.109. The van der Waals surface area contributed by atoms with Crippen molar-refractivity contribution in [2.24, 2.45) is 5.92 Å². The second-order valence-corrected chi connectivity index (χ2v) is 5.66. The van der Waals surface area contributed by atoms with E-state index >= 15 is 0 Å². The number of benzene rings is 1. The first-order chi connectivity index (χ1) is 8.02. The lowest BCUT2D eigenvalue weighted by atomic mass is 9.95. The van der Waals surface area contributed by atoms with Crippen molar-refractivity contribution in [1.29, 1.82) is 0 Å². The molecular weight excluding hydrogens is 281 g/mol. The van der Waals surface area contributed by atoms with Crippen LogP contribution in [0.2, 0.25) is 0 Å². The molecule has 1 nitrogen and oxygen atoms in total. The first kappa shape index (κ1) is 14.7. The molecule has 17 heavy (non-hydrogen) atoms. The molecule has 3 heteroatoms. The average Bonchev–Trinajstić information content (AvgIpc) is 2.22. The molecule has 0 bridgehead atoms. The largest absolute Gasteiger partial charge is 0.315 e. The summed E-state index contributed by atoms with van der Waals surface area (Å²) in [7, 11) is 0. The fraction of sp³-hybridized carbons (Fsp3) is 0.571. The summed E-state index contributed by atoms with van der Waals surface area (Å²) in [4.78, 5) is 0. The zero-order valence-electron chi connectivity index (χ0n) is 10.8. The Labute approximate surface area is 112 Å². The molecule has 0 aliphatic carbocycles. The van der Waals surface area contributed by atoms with E-state index in [0.717, 1.165) is 29.4 Å². The van der Waals surface area contributed by atoms with Gasteiger partial charge in [-0.2, -0.15) is 0 Å². The zero-order valence-corrected chi connectivity index (χ0v) is 12.3. The summed E-state index contributed by atoms with van der Waals surface area (Å²) in [6, 6.07) is 5.80. The third-order valence-corrected chi connectivity index (χ3v) is 3.39. The van der Waals surface area contributed by atoms with Gasteiger partial charge in [-0.3, -0.25) is 0 Å². The van der Waals surface area contributed by atoms with Gasteiger partial charge in [0.1, 0.15) is 5.82 Å². The van der Waals surface area contributed by atoms with Gasteiger partial charge in [0.25, 0.3) is 0 Å². The summed E-state index contributed by atoms with van der Waals surface area (Å²) in [5.41, 5.74) is 0.810. The molecule has 1 N–H and O–H groups in total. The van der Waals surface area contributed by atoms with Crippen LogP contribution < -0.4 is 5.32 Å². The third kappa shape index (κ3) is 5.17. The van der Waals surface area contributed by atoms with Crippen LogP contribution in [0.5, 0.6) is 0 Å². The van der Waals surface area contributed by atoms with Crippen LogP contribution in [-0.2, 0) is 6.42 Å². The first-order valence-corrected chi connectivity index (χ1v) is 6.99. The second-order valence-electron chi connectivity index (χ2n) is 4.74. The molecule has 0 fully saturated rings. The van der Waals surface area contributed by atoms with Gasteiger partial charge in [0, 0.05) is 10.5 Å². The maximum Gasteiger partial charge on any atom is 0.127 e. The summed E-state index contributed by atoms with van der Waals surface area (Å²) in [6.07, 6.45) is 1.87. The highest BCUT2D eigenvalue weighted by Crippen LogP contribution is 2.20. The summed E-state index contributed by atoms with van der Waals surface area (Å²) < 4.78 is 14.4. The molecule has 0 amide bonds. The summed E-state index contributed by atoms with van der Waals surface area (Å²) >= 11 is 3.27. The lowest BCUT2D eigenvalue weighted by Crippen LogP contribution is -2.27. The van der Waals surface area contributed by atoms with Crippen LogP contribution in [0, 0.1) is 11.7 Å². The van der Waals surface area contributed by atoms with Gasteiger partial charge in [-0.05, 0) is 49.9 Å². The van der Waals surface area contributed by atoms with E-state index in [1.165, 1.54) is 6.07 Å². The maximum absolute atomic E-state index is 13.7. The van der Waals surface area contributed by atoms with Crippen molar-refractivity contribution in [3.05, 3.63) is 34.1 Å². The summed E-state index contributed by atoms with van der Waals surface area (Å²) in [5, 5.41) is 3.38. The third-order valence-electron chi connectivity index (χ3n) is 2.89. The number of halogens is 2. The molecule has 2 unspecified atom stereocenters. The Morgan fingerprint density at radius 1 is 1.35 bits per heavy atom. The highest BCUT2D eigenvalue weighted by atomic mass is 79.9. The molecule has 0 radical (unpaired) electrons. The number of hydrogen-bond acceptors (Lipinski definition) is 1. The van der Waals surface area contributed by atoms with E-state index in [-0.39, 0.29) is 5.82 Å². The Morgan fingerprint density at radius 2 is 2.06 bits per heavy atom. The molecule has 1 aromatic carbocycles. The Balaban J connectivity index is 2.52. The Kier molecular flexibility index (Phi) is 6.14. The lowest BCUT2D eigenvalue weighted by Gasteiger charge is -2.18. The predicted octanol–water partition coefficient (Wildman–Crippen LogP) is 4.15. The van der Waals surface area contributed by atoms with Crippen LogP contribution in [-0.4, -0.2) is 12.6 Å². The summed E-state index contributed by atoms with van der Waals surface area (Å²) in [6.45, 7) is 7.45. The molecule has 1 rings (SSSR count). The van der Waals surface area contributed by atoms with Crippen LogP contribution >= 0.6 is 15.9 Å². The van der Waals surface area contributed by atoms with Crippen LogP contribution in [0.15, 0.2) is 22.7 Å². The molecular formula is C14H21BrFN. The predicted molar refractivity (Wildman–Crippen MR) is 74.7 cm³/mol. The average molecular weight is 302 g/mol. The normalized spacial score (nSPS) is 14.6. The van der Waals surface area contributed by atoms with Crippen molar-refractivity contribution in [3.8, 4) is 0 Å². The van der Waals surface area contributed by atoms with Crippen molar-refractivity contribution >= 4 is 15.9 Å². The van der Waals surface area contributed by atoms with Crippen molar-refractivity contribution in [2.75, 3.05) is 6.54 Å². The van der Waals surface area contributed by atoms with Crippen molar-refractivity contribution < 1.29 is 4.39 Å². The number of hydrogen-bond donors (Lipinski definition) is 1. The SMILES string of the molecule is CCNC(C)CC(C)Cc1ccc(Br)cc1F. The molecule has 0 heterocycles. The van der Waals surface area contributed by atoms with Crippen molar-refractivity contribution in [3.63, 3.8) is 0 Å². The highest BCUT2D eigenvalue weighted by molar-refractivity contribution is 9.10. The van der Waals surface area contributed by atoms with Gasteiger partial charge in [-0.15, -0.1) is 0 Å². The Morgan fingerprint density at radius 3 is 2.65 bits per heavy atom. The number of rotatable bonds is 6. The molecule has 0 aliphatic rings. The molecule has 2 atom stereocenters. The van der Waals surface area contributed by atoms with E-state index in [2.05, 4.69) is 42.0 Å². The molecule has 96 valence electrons. The Hall–Kier alpha value is -0.410. The van der Waals surface area contributed by atoms with E-state index in [9.17, 15) is 4.39 Å². The monoisotopic (exact) mass is 301 g/mol. The summed E-state index contributed by atoms with van der Waals surface area (Å²) in [5.74, 6) is 0.377. The molecule has 0 saturated heterocycles. The van der Waals surface area contributed by atoms with Gasteiger partial charge in [0.05, 0.1) is 0 Å². The molecule has 0 aliphatic heterocycles. The molecule has 0 spiro atoms. The highest BCUT2D eigenvalue weighted by Gasteiger charge is 2.11. The fourth-order valence-corrected chi connectivity index (χ4v) is 2.51. The molecule has 0 saturated carbocycles. The van der Waals surface area contributed by atoms with E-state index in [4.69, 9.17) is 0 Å². The molecule has 1 aromatic rings. The van der Waals surface area contributed by atoms with Crippen molar-refractivity contribution in [1.82, 2.24) is 5.32 Å². The van der Waals surface area contributed by atoms with Crippen LogP contribution in [0.3, 0.4) is 0 Å². The van der Waals surface area contributed by atoms with E-state index in [0.29, 0.717) is 12.0 Å². The second kappa shape index (κ2) is 7.12. The number of nitrogens with one attached hydrogen (secondary N) is 1. The zero-order chi connectivity index (χ0) is 12.8. The smallest absolute Gasteiger partial charge is 0.127 e. The van der Waals surface area contributed by atoms with Gasteiger partial charge in [0.2, 0.25) is 0 Å². The van der Waals surface area contributed by atoms with Gasteiger partial charge in [0.15, 0.2) is 0 Å². The van der Waals surface area contributed by atoms with Gasteiger partial charge in [-0.25, -0.2) is 4.39 Å². The Bertz CT molecular complexity index is 354. The first-order valence-electron chi connectivity index (χ1n) is 6.20. The van der Waals surface area contributed by atoms with E-state index < -0.39 is 0 Å². The van der Waals surface area contributed by atoms with Crippen LogP contribution in [0.4, 0.5) is 4.39 Å². The molecule has 0 aromatic heterocycles. The van der Waals surface area contributed by atoms with Crippen LogP contribution in [0.1, 0.15) is 32.8 Å². The van der Waals surface area contributed by atoms with E-state index in [1.54, 1.807) is 0 Å². The van der Waals surface area contributed by atoms with E-state index in [1.807, 2.05) is 12.1 Å².